The van der Waals surface area contributed by atoms with E-state index in [0.717, 1.165) is 68.3 Å². The molecule has 0 atom stereocenters. The molecule has 7 nitrogen and oxygen atoms in total. The number of benzene rings is 1. The van der Waals surface area contributed by atoms with E-state index in [-0.39, 0.29) is 0 Å². The van der Waals surface area contributed by atoms with Crippen LogP contribution in [0.3, 0.4) is 0 Å². The maximum Gasteiger partial charge on any atom is 0.233 e. The van der Waals surface area contributed by atoms with Gasteiger partial charge in [-0.05, 0) is 56.5 Å². The van der Waals surface area contributed by atoms with Crippen molar-refractivity contribution in [3.05, 3.63) is 35.5 Å². The van der Waals surface area contributed by atoms with Crippen LogP contribution in [0.1, 0.15) is 103 Å². The molecule has 224 valence electrons. The highest BCUT2D eigenvalue weighted by molar-refractivity contribution is 6.31. The van der Waals surface area contributed by atoms with Crippen molar-refractivity contribution in [1.82, 2.24) is 10.3 Å². The molecule has 1 saturated heterocycles. The van der Waals surface area contributed by atoms with Crippen LogP contribution in [0.25, 0.3) is 10.9 Å². The first kappa shape index (κ1) is 31.5. The Bertz CT molecular complexity index is 954. The molecule has 0 bridgehead atoms. The van der Waals surface area contributed by atoms with Crippen LogP contribution in [-0.2, 0) is 19.6 Å². The van der Waals surface area contributed by atoms with Gasteiger partial charge >= 0.3 is 0 Å². The topological polar surface area (TPSA) is 73.9 Å². The van der Waals surface area contributed by atoms with Crippen LogP contribution in [0.5, 0.6) is 0 Å². The zero-order chi connectivity index (χ0) is 27.7. The summed E-state index contributed by atoms with van der Waals surface area (Å²) in [6.45, 7) is 4.00. The van der Waals surface area contributed by atoms with Gasteiger partial charge in [-0.2, -0.15) is 9.78 Å². The van der Waals surface area contributed by atoms with Gasteiger partial charge in [0.25, 0.3) is 0 Å². The minimum absolute atomic E-state index is 0.313. The van der Waals surface area contributed by atoms with Crippen LogP contribution in [0, 0.1) is 5.92 Å². The lowest BCUT2D eigenvalue weighted by Gasteiger charge is -2.34. The fraction of sp³-hybridized carbons (Fsp3) is 0.719. The fourth-order valence-electron chi connectivity index (χ4n) is 5.74. The number of hydrogen-bond acceptors (Lipinski definition) is 7. The molecular formula is C32H50ClN3O4. The Morgan fingerprint density at radius 2 is 1.45 bits per heavy atom. The second kappa shape index (κ2) is 18.1. The molecule has 4 rings (SSSR count). The molecule has 1 aliphatic heterocycles. The number of unbranched alkanes of at least 4 members (excludes halogenated alkanes) is 3. The Morgan fingerprint density at radius 1 is 0.775 bits per heavy atom. The van der Waals surface area contributed by atoms with Crippen LogP contribution < -0.4 is 10.6 Å². The number of nitrogens with zero attached hydrogens (tertiary/aromatic N) is 1. The Labute approximate surface area is 245 Å². The van der Waals surface area contributed by atoms with Crippen molar-refractivity contribution in [3.8, 4) is 0 Å². The highest BCUT2D eigenvalue weighted by atomic mass is 35.5. The van der Waals surface area contributed by atoms with Crippen molar-refractivity contribution in [3.63, 3.8) is 0 Å². The maximum atomic E-state index is 6.09. The molecule has 8 heteroatoms. The van der Waals surface area contributed by atoms with E-state index in [1.54, 1.807) is 0 Å². The zero-order valence-electron chi connectivity index (χ0n) is 24.3. The van der Waals surface area contributed by atoms with E-state index in [4.69, 9.17) is 31.2 Å². The van der Waals surface area contributed by atoms with E-state index in [2.05, 4.69) is 15.6 Å². The first-order chi connectivity index (χ1) is 19.7. The van der Waals surface area contributed by atoms with Crippen LogP contribution in [-0.4, -0.2) is 43.6 Å². The normalized spacial score (nSPS) is 19.9. The summed E-state index contributed by atoms with van der Waals surface area (Å²) >= 11 is 6.09. The SMILES string of the molecule is Clc1ccc2c(NCCNCCCCCCC3COOC4(CCCCCCCCCCC4)OOC3)ccnc2c1. The standard InChI is InChI=1S/C32H50ClN3O4/c33-28-15-16-29-30(17-21-35-31(29)24-28)36-23-22-34-20-13-9-6-10-14-27-25-37-39-32(40-38-26-27)18-11-7-4-2-1-3-5-8-12-19-32/h15-17,21,24,27,34H,1-14,18-20,22-23,25-26H2,(H,35,36). The van der Waals surface area contributed by atoms with E-state index < -0.39 is 5.79 Å². The van der Waals surface area contributed by atoms with Gasteiger partial charge in [-0.1, -0.05) is 75.8 Å². The Balaban J connectivity index is 1.03. The van der Waals surface area contributed by atoms with Crippen LogP contribution in [0.4, 0.5) is 5.69 Å². The lowest BCUT2D eigenvalue weighted by Crippen LogP contribution is -2.40. The molecule has 0 amide bonds. The molecule has 1 aromatic heterocycles. The number of anilines is 1. The smallest absolute Gasteiger partial charge is 0.233 e. The lowest BCUT2D eigenvalue weighted by molar-refractivity contribution is -0.531. The summed E-state index contributed by atoms with van der Waals surface area (Å²) in [5, 5.41) is 8.86. The minimum Gasteiger partial charge on any atom is -0.383 e. The Hall–Kier alpha value is -1.48. The quantitative estimate of drug-likeness (QED) is 0.206. The van der Waals surface area contributed by atoms with Crippen molar-refractivity contribution >= 4 is 28.2 Å². The monoisotopic (exact) mass is 575 g/mol. The van der Waals surface area contributed by atoms with Gasteiger partial charge in [0.1, 0.15) is 0 Å². The van der Waals surface area contributed by atoms with Gasteiger partial charge in [0.05, 0.1) is 18.7 Å². The van der Waals surface area contributed by atoms with E-state index in [0.29, 0.717) is 24.2 Å². The van der Waals surface area contributed by atoms with Gasteiger partial charge in [-0.3, -0.25) is 4.98 Å². The molecule has 0 unspecified atom stereocenters. The molecule has 2 N–H and O–H groups in total. The second-order valence-electron chi connectivity index (χ2n) is 11.6. The predicted octanol–water partition coefficient (Wildman–Crippen LogP) is 8.37. The summed E-state index contributed by atoms with van der Waals surface area (Å²) in [5.74, 6) is -0.416. The van der Waals surface area contributed by atoms with Gasteiger partial charge < -0.3 is 10.6 Å². The average molecular weight is 576 g/mol. The molecule has 2 fully saturated rings. The summed E-state index contributed by atoms with van der Waals surface area (Å²) < 4.78 is 0. The third-order valence-corrected chi connectivity index (χ3v) is 8.42. The highest BCUT2D eigenvalue weighted by Crippen LogP contribution is 2.32. The van der Waals surface area contributed by atoms with Gasteiger partial charge in [0.2, 0.25) is 5.79 Å². The van der Waals surface area contributed by atoms with E-state index >= 15 is 0 Å². The number of nitrogens with one attached hydrogen (secondary N) is 2. The lowest BCUT2D eigenvalue weighted by atomic mass is 9.97. The van der Waals surface area contributed by atoms with Crippen molar-refractivity contribution in [1.29, 1.82) is 0 Å². The molecule has 2 heterocycles. The van der Waals surface area contributed by atoms with Crippen molar-refractivity contribution in [2.45, 2.75) is 109 Å². The van der Waals surface area contributed by atoms with Crippen LogP contribution in [0.2, 0.25) is 5.02 Å². The minimum atomic E-state index is -0.729. The molecule has 1 saturated carbocycles. The Morgan fingerprint density at radius 3 is 2.17 bits per heavy atom. The average Bonchev–Trinajstić information content (AvgIpc) is 2.94. The molecule has 0 radical (unpaired) electrons. The van der Waals surface area contributed by atoms with Gasteiger partial charge in [0.15, 0.2) is 0 Å². The number of rotatable bonds is 11. The molecular weight excluding hydrogens is 526 g/mol. The highest BCUT2D eigenvalue weighted by Gasteiger charge is 2.36. The predicted molar refractivity (Wildman–Crippen MR) is 162 cm³/mol. The maximum absolute atomic E-state index is 6.09. The summed E-state index contributed by atoms with van der Waals surface area (Å²) in [4.78, 5) is 27.8. The first-order valence-electron chi connectivity index (χ1n) is 15.8. The summed E-state index contributed by atoms with van der Waals surface area (Å²) in [7, 11) is 0. The molecule has 1 aromatic carbocycles. The van der Waals surface area contributed by atoms with Crippen molar-refractivity contribution in [2.75, 3.05) is 38.2 Å². The van der Waals surface area contributed by atoms with Crippen molar-refractivity contribution in [2.24, 2.45) is 5.92 Å². The molecule has 1 aliphatic carbocycles. The van der Waals surface area contributed by atoms with Crippen molar-refractivity contribution < 1.29 is 19.6 Å². The molecule has 2 aromatic rings. The summed E-state index contributed by atoms with van der Waals surface area (Å²) in [6, 6.07) is 7.85. The molecule has 2 aliphatic rings. The number of fused-ring (bicyclic) bond motifs is 1. The van der Waals surface area contributed by atoms with Gasteiger partial charge in [-0.15, -0.1) is 0 Å². The van der Waals surface area contributed by atoms with Crippen LogP contribution in [0.15, 0.2) is 30.5 Å². The van der Waals surface area contributed by atoms with E-state index in [1.165, 1.54) is 70.6 Å². The zero-order valence-corrected chi connectivity index (χ0v) is 25.0. The van der Waals surface area contributed by atoms with E-state index in [9.17, 15) is 0 Å². The number of hydrogen-bond donors (Lipinski definition) is 2. The number of pyridine rings is 1. The second-order valence-corrected chi connectivity index (χ2v) is 12.0. The molecule has 40 heavy (non-hydrogen) atoms. The number of aromatic nitrogens is 1. The largest absolute Gasteiger partial charge is 0.383 e. The Kier molecular flexibility index (Phi) is 14.3. The third kappa shape index (κ3) is 11.1. The third-order valence-electron chi connectivity index (χ3n) is 8.18. The first-order valence-corrected chi connectivity index (χ1v) is 16.2. The van der Waals surface area contributed by atoms with E-state index in [1.807, 2.05) is 30.5 Å². The fourth-order valence-corrected chi connectivity index (χ4v) is 5.91. The van der Waals surface area contributed by atoms with Gasteiger partial charge in [0, 0.05) is 54.1 Å². The van der Waals surface area contributed by atoms with Gasteiger partial charge in [-0.25, -0.2) is 9.78 Å². The molecule has 1 spiro atoms. The summed E-state index contributed by atoms with van der Waals surface area (Å²) in [5.41, 5.74) is 2.01. The number of halogens is 1. The van der Waals surface area contributed by atoms with Crippen LogP contribution >= 0.6 is 11.6 Å². The summed E-state index contributed by atoms with van der Waals surface area (Å²) in [6.07, 6.45) is 20.7.